The highest BCUT2D eigenvalue weighted by atomic mass is 16.3. The number of hydrazone groups is 1. The second-order valence-corrected chi connectivity index (χ2v) is 5.96. The van der Waals surface area contributed by atoms with E-state index in [1.165, 1.54) is 0 Å². The van der Waals surface area contributed by atoms with E-state index in [1.807, 2.05) is 36.4 Å². The number of nitrogen functional groups attached to an aromatic ring is 1. The second kappa shape index (κ2) is 4.89. The molecule has 1 aliphatic rings. The average Bonchev–Trinajstić information content (AvgIpc) is 3.34. The first kappa shape index (κ1) is 13.2. The molecule has 24 heavy (non-hydrogen) atoms. The molecule has 3 heterocycles. The number of nitrogens with two attached hydrogens (primary N) is 1. The Morgan fingerprint density at radius 3 is 2.88 bits per heavy atom. The maximum Gasteiger partial charge on any atom is 0.174 e. The fourth-order valence-electron chi connectivity index (χ4n) is 3.34. The third-order valence-electron chi connectivity index (χ3n) is 4.52. The predicted octanol–water partition coefficient (Wildman–Crippen LogP) is 4.20. The Balaban J connectivity index is 1.61. The van der Waals surface area contributed by atoms with Gasteiger partial charge in [0.15, 0.2) is 5.76 Å². The van der Waals surface area contributed by atoms with E-state index in [2.05, 4.69) is 22.7 Å². The molecule has 0 amide bonds. The largest absolute Gasteiger partial charge is 0.467 e. The van der Waals surface area contributed by atoms with Crippen LogP contribution in [0.5, 0.6) is 0 Å². The van der Waals surface area contributed by atoms with E-state index in [-0.39, 0.29) is 6.04 Å². The fourth-order valence-corrected chi connectivity index (χ4v) is 3.34. The molecule has 0 bridgehead atoms. The second-order valence-electron chi connectivity index (χ2n) is 5.96. The summed E-state index contributed by atoms with van der Waals surface area (Å²) in [5, 5.41) is 7.60. The molecular weight excluding hydrogens is 302 g/mol. The summed E-state index contributed by atoms with van der Waals surface area (Å²) in [7, 11) is 0. The van der Waals surface area contributed by atoms with Gasteiger partial charge in [0.1, 0.15) is 23.1 Å². The molecule has 0 saturated heterocycles. The van der Waals surface area contributed by atoms with Crippen molar-refractivity contribution in [3.63, 3.8) is 0 Å². The van der Waals surface area contributed by atoms with E-state index in [1.54, 1.807) is 6.26 Å². The van der Waals surface area contributed by atoms with E-state index in [4.69, 9.17) is 14.6 Å². The van der Waals surface area contributed by atoms with Crippen molar-refractivity contribution in [1.82, 2.24) is 5.43 Å². The minimum atomic E-state index is 0.0133. The van der Waals surface area contributed by atoms with Crippen LogP contribution in [0.3, 0.4) is 0 Å². The van der Waals surface area contributed by atoms with Crippen LogP contribution in [0, 0.1) is 0 Å². The van der Waals surface area contributed by atoms with Gasteiger partial charge in [0.2, 0.25) is 0 Å². The smallest absolute Gasteiger partial charge is 0.174 e. The van der Waals surface area contributed by atoms with Crippen LogP contribution in [0.1, 0.15) is 24.0 Å². The summed E-state index contributed by atoms with van der Waals surface area (Å²) in [4.78, 5) is 0. The molecule has 0 aliphatic carbocycles. The van der Waals surface area contributed by atoms with Gasteiger partial charge in [0.25, 0.3) is 0 Å². The molecular formula is C19H15N3O2. The third kappa shape index (κ3) is 1.84. The molecule has 5 heteroatoms. The number of hydrogen-bond donors (Lipinski definition) is 2. The Bertz CT molecular complexity index is 1080. The Morgan fingerprint density at radius 1 is 1.08 bits per heavy atom. The lowest BCUT2D eigenvalue weighted by Gasteiger charge is -2.04. The quantitative estimate of drug-likeness (QED) is 0.581. The van der Waals surface area contributed by atoms with Gasteiger partial charge >= 0.3 is 0 Å². The molecule has 2 aromatic heterocycles. The van der Waals surface area contributed by atoms with Gasteiger partial charge in [-0.1, -0.05) is 30.3 Å². The SMILES string of the molecule is Nc1c(C2=NNC(c3ccco3)C2)oc2ccc3ccccc3c12. The lowest BCUT2D eigenvalue weighted by Crippen LogP contribution is -2.08. The number of fused-ring (bicyclic) bond motifs is 3. The summed E-state index contributed by atoms with van der Waals surface area (Å²) >= 11 is 0. The van der Waals surface area contributed by atoms with Crippen molar-refractivity contribution in [2.75, 3.05) is 5.73 Å². The zero-order valence-electron chi connectivity index (χ0n) is 12.8. The van der Waals surface area contributed by atoms with E-state index in [9.17, 15) is 0 Å². The number of nitrogens with zero attached hydrogens (tertiary/aromatic N) is 1. The van der Waals surface area contributed by atoms with Crippen molar-refractivity contribution in [2.45, 2.75) is 12.5 Å². The van der Waals surface area contributed by atoms with Crippen molar-refractivity contribution < 1.29 is 8.83 Å². The fraction of sp³-hybridized carbons (Fsp3) is 0.105. The van der Waals surface area contributed by atoms with Crippen LogP contribution in [0.15, 0.2) is 68.7 Å². The Hall–Kier alpha value is -3.21. The zero-order chi connectivity index (χ0) is 16.1. The molecule has 3 N–H and O–H groups in total. The molecule has 0 fully saturated rings. The number of benzene rings is 2. The Labute approximate surface area is 137 Å². The van der Waals surface area contributed by atoms with Gasteiger partial charge in [-0.3, -0.25) is 5.43 Å². The number of anilines is 1. The number of nitrogens with one attached hydrogen (secondary N) is 1. The maximum atomic E-state index is 6.42. The molecule has 2 aromatic carbocycles. The topological polar surface area (TPSA) is 76.7 Å². The summed E-state index contributed by atoms with van der Waals surface area (Å²) < 4.78 is 11.5. The zero-order valence-corrected chi connectivity index (χ0v) is 12.8. The standard InChI is InChI=1S/C19H15N3O2/c20-18-17-12-5-2-1-4-11(12)7-8-16(17)24-19(18)14-10-13(21-22-14)15-6-3-9-23-15/h1-9,13,21H,10,20H2. The van der Waals surface area contributed by atoms with E-state index >= 15 is 0 Å². The molecule has 5 rings (SSSR count). The first-order chi connectivity index (χ1) is 11.8. The van der Waals surface area contributed by atoms with E-state index < -0.39 is 0 Å². The average molecular weight is 317 g/mol. The highest BCUT2D eigenvalue weighted by Gasteiger charge is 2.27. The molecule has 0 radical (unpaired) electrons. The Kier molecular flexibility index (Phi) is 2.70. The number of hydrogen-bond acceptors (Lipinski definition) is 5. The monoisotopic (exact) mass is 317 g/mol. The van der Waals surface area contributed by atoms with Crippen molar-refractivity contribution in [3.05, 3.63) is 66.3 Å². The van der Waals surface area contributed by atoms with Crippen molar-refractivity contribution >= 4 is 33.1 Å². The Morgan fingerprint density at radius 2 is 2.00 bits per heavy atom. The lowest BCUT2D eigenvalue weighted by atomic mass is 10.0. The minimum Gasteiger partial charge on any atom is -0.467 e. The van der Waals surface area contributed by atoms with E-state index in [0.717, 1.165) is 33.2 Å². The van der Waals surface area contributed by atoms with Gasteiger partial charge < -0.3 is 14.6 Å². The van der Waals surface area contributed by atoms with Gasteiger partial charge in [0.05, 0.1) is 17.3 Å². The van der Waals surface area contributed by atoms with Gasteiger partial charge in [-0.15, -0.1) is 0 Å². The first-order valence-corrected chi connectivity index (χ1v) is 7.87. The molecule has 0 spiro atoms. The van der Waals surface area contributed by atoms with Crippen LogP contribution in [-0.2, 0) is 0 Å². The summed E-state index contributed by atoms with van der Waals surface area (Å²) in [5.74, 6) is 1.50. The molecule has 5 nitrogen and oxygen atoms in total. The van der Waals surface area contributed by atoms with Crippen molar-refractivity contribution in [3.8, 4) is 0 Å². The van der Waals surface area contributed by atoms with Crippen molar-refractivity contribution in [1.29, 1.82) is 0 Å². The van der Waals surface area contributed by atoms with Crippen LogP contribution in [0.2, 0.25) is 0 Å². The summed E-state index contributed by atoms with van der Waals surface area (Å²) in [6, 6.07) is 16.0. The van der Waals surface area contributed by atoms with Gasteiger partial charge in [-0.25, -0.2) is 0 Å². The molecule has 118 valence electrons. The van der Waals surface area contributed by atoms with Gasteiger partial charge in [0, 0.05) is 6.42 Å². The van der Waals surface area contributed by atoms with Gasteiger partial charge in [-0.05, 0) is 29.0 Å². The summed E-state index contributed by atoms with van der Waals surface area (Å²) in [6.45, 7) is 0. The van der Waals surface area contributed by atoms with Crippen LogP contribution in [0.4, 0.5) is 5.69 Å². The number of rotatable bonds is 2. The molecule has 4 aromatic rings. The number of furan rings is 2. The van der Waals surface area contributed by atoms with Crippen LogP contribution in [0.25, 0.3) is 21.7 Å². The molecule has 1 unspecified atom stereocenters. The highest BCUT2D eigenvalue weighted by molar-refractivity contribution is 6.17. The summed E-state index contributed by atoms with van der Waals surface area (Å²) in [6.07, 6.45) is 2.34. The summed E-state index contributed by atoms with van der Waals surface area (Å²) in [5.41, 5.74) is 11.8. The molecule has 1 atom stereocenters. The normalized spacial score (nSPS) is 17.3. The van der Waals surface area contributed by atoms with Gasteiger partial charge in [-0.2, -0.15) is 5.10 Å². The van der Waals surface area contributed by atoms with Crippen LogP contribution in [-0.4, -0.2) is 5.71 Å². The molecule has 1 aliphatic heterocycles. The maximum absolute atomic E-state index is 6.42. The van der Waals surface area contributed by atoms with Crippen molar-refractivity contribution in [2.24, 2.45) is 5.10 Å². The highest BCUT2D eigenvalue weighted by Crippen LogP contribution is 2.37. The third-order valence-corrected chi connectivity index (χ3v) is 4.52. The minimum absolute atomic E-state index is 0.0133. The van der Waals surface area contributed by atoms with E-state index in [0.29, 0.717) is 17.9 Å². The predicted molar refractivity (Wildman–Crippen MR) is 93.9 cm³/mol. The van der Waals surface area contributed by atoms with Crippen LogP contribution >= 0.6 is 0 Å². The lowest BCUT2D eigenvalue weighted by molar-refractivity contribution is 0.440. The molecule has 0 saturated carbocycles. The van der Waals surface area contributed by atoms with Crippen LogP contribution < -0.4 is 11.2 Å². The first-order valence-electron chi connectivity index (χ1n) is 7.87.